The molecule has 1 heterocycles. The molecule has 1 aromatic carbocycles. The predicted molar refractivity (Wildman–Crippen MR) is 75.6 cm³/mol. The molecule has 2 rings (SSSR count). The van der Waals surface area contributed by atoms with Crippen LogP contribution in [0.1, 0.15) is 43.7 Å². The van der Waals surface area contributed by atoms with E-state index in [1.807, 2.05) is 0 Å². The minimum atomic E-state index is -2.72. The Morgan fingerprint density at radius 2 is 1.89 bits per heavy atom. The van der Waals surface area contributed by atoms with Crippen LogP contribution in [0.3, 0.4) is 0 Å². The zero-order chi connectivity index (χ0) is 13.2. The molecule has 0 spiro atoms. The van der Waals surface area contributed by atoms with Crippen LogP contribution in [-0.4, -0.2) is 19.9 Å². The van der Waals surface area contributed by atoms with Gasteiger partial charge in [-0.2, -0.15) is 0 Å². The Labute approximate surface area is 110 Å². The van der Waals surface area contributed by atoms with Crippen LogP contribution in [0.15, 0.2) is 24.3 Å². The number of sulfone groups is 1. The Balaban J connectivity index is 1.87. The highest BCUT2D eigenvalue weighted by Gasteiger charge is 2.27. The normalized spacial score (nSPS) is 22.5. The molecule has 1 aromatic rings. The molecule has 1 fully saturated rings. The van der Waals surface area contributed by atoms with Gasteiger partial charge >= 0.3 is 0 Å². The average molecular weight is 266 g/mol. The fourth-order valence-electron chi connectivity index (χ4n) is 2.54. The topological polar surface area (TPSA) is 34.1 Å². The Morgan fingerprint density at radius 3 is 2.39 bits per heavy atom. The Morgan fingerprint density at radius 1 is 1.22 bits per heavy atom. The van der Waals surface area contributed by atoms with Crippen molar-refractivity contribution in [2.45, 2.75) is 39.0 Å². The quantitative estimate of drug-likeness (QED) is 0.839. The van der Waals surface area contributed by atoms with Gasteiger partial charge in [-0.25, -0.2) is 8.42 Å². The van der Waals surface area contributed by atoms with E-state index in [1.165, 1.54) is 11.1 Å². The summed E-state index contributed by atoms with van der Waals surface area (Å²) in [6, 6.07) is 8.73. The molecule has 1 saturated heterocycles. The number of benzene rings is 1. The predicted octanol–water partition coefficient (Wildman–Crippen LogP) is 3.18. The van der Waals surface area contributed by atoms with Gasteiger partial charge in [-0.05, 0) is 42.2 Å². The van der Waals surface area contributed by atoms with Crippen LogP contribution in [0.2, 0.25) is 0 Å². The molecule has 18 heavy (non-hydrogen) atoms. The molecule has 3 heteroatoms. The summed E-state index contributed by atoms with van der Waals surface area (Å²) in [5, 5.41) is 0. The van der Waals surface area contributed by atoms with E-state index in [0.29, 0.717) is 23.3 Å². The van der Waals surface area contributed by atoms with Crippen molar-refractivity contribution in [2.24, 2.45) is 5.92 Å². The molecule has 0 unspecified atom stereocenters. The molecular formula is C15H22O2S. The van der Waals surface area contributed by atoms with Crippen molar-refractivity contribution in [1.29, 1.82) is 0 Å². The Hall–Kier alpha value is -0.830. The SMILES string of the molecule is CC(C)c1ccc(CC[C@@H]2CCS(=O)(=O)C2)cc1. The highest BCUT2D eigenvalue weighted by Crippen LogP contribution is 2.23. The number of rotatable bonds is 4. The molecule has 0 aromatic heterocycles. The Bertz CT molecular complexity index is 486. The van der Waals surface area contributed by atoms with Gasteiger partial charge < -0.3 is 0 Å². The molecule has 100 valence electrons. The molecule has 0 amide bonds. The van der Waals surface area contributed by atoms with E-state index in [0.717, 1.165) is 19.3 Å². The van der Waals surface area contributed by atoms with E-state index in [9.17, 15) is 8.42 Å². The van der Waals surface area contributed by atoms with Gasteiger partial charge in [-0.3, -0.25) is 0 Å². The lowest BCUT2D eigenvalue weighted by Crippen LogP contribution is -2.05. The van der Waals surface area contributed by atoms with Crippen molar-refractivity contribution in [2.75, 3.05) is 11.5 Å². The lowest BCUT2D eigenvalue weighted by atomic mass is 9.96. The van der Waals surface area contributed by atoms with Crippen LogP contribution < -0.4 is 0 Å². The fraction of sp³-hybridized carbons (Fsp3) is 0.600. The smallest absolute Gasteiger partial charge is 0.150 e. The zero-order valence-electron chi connectivity index (χ0n) is 11.2. The third kappa shape index (κ3) is 3.58. The largest absolute Gasteiger partial charge is 0.229 e. The number of aryl methyl sites for hydroxylation is 1. The lowest BCUT2D eigenvalue weighted by molar-refractivity contribution is 0.542. The average Bonchev–Trinajstić information content (AvgIpc) is 2.67. The summed E-state index contributed by atoms with van der Waals surface area (Å²) in [6.45, 7) is 4.39. The lowest BCUT2D eigenvalue weighted by Gasteiger charge is -2.09. The van der Waals surface area contributed by atoms with Gasteiger partial charge in [0.2, 0.25) is 0 Å². The maximum absolute atomic E-state index is 11.4. The van der Waals surface area contributed by atoms with Crippen LogP contribution in [0, 0.1) is 5.92 Å². The van der Waals surface area contributed by atoms with Gasteiger partial charge in [-0.1, -0.05) is 38.1 Å². The molecule has 0 aliphatic carbocycles. The number of hydrogen-bond acceptors (Lipinski definition) is 2. The van der Waals surface area contributed by atoms with Crippen LogP contribution in [0.25, 0.3) is 0 Å². The fourth-order valence-corrected chi connectivity index (χ4v) is 4.45. The van der Waals surface area contributed by atoms with Gasteiger partial charge in [-0.15, -0.1) is 0 Å². The van der Waals surface area contributed by atoms with E-state index in [1.54, 1.807) is 0 Å². The molecule has 0 radical (unpaired) electrons. The maximum atomic E-state index is 11.4. The zero-order valence-corrected chi connectivity index (χ0v) is 12.0. The van der Waals surface area contributed by atoms with E-state index >= 15 is 0 Å². The molecule has 0 saturated carbocycles. The van der Waals surface area contributed by atoms with E-state index in [-0.39, 0.29) is 0 Å². The van der Waals surface area contributed by atoms with Crippen molar-refractivity contribution in [3.8, 4) is 0 Å². The van der Waals surface area contributed by atoms with Gasteiger partial charge in [0.1, 0.15) is 0 Å². The van der Waals surface area contributed by atoms with Crippen molar-refractivity contribution >= 4 is 9.84 Å². The number of hydrogen-bond donors (Lipinski definition) is 0. The van der Waals surface area contributed by atoms with Gasteiger partial charge in [0, 0.05) is 0 Å². The highest BCUT2D eigenvalue weighted by atomic mass is 32.2. The standard InChI is InChI=1S/C15H22O2S/c1-12(2)15-7-5-13(6-8-15)3-4-14-9-10-18(16,17)11-14/h5-8,12,14H,3-4,9-11H2,1-2H3/t14-/m1/s1. The van der Waals surface area contributed by atoms with Crippen LogP contribution in [0.4, 0.5) is 0 Å². The highest BCUT2D eigenvalue weighted by molar-refractivity contribution is 7.91. The van der Waals surface area contributed by atoms with Crippen LogP contribution >= 0.6 is 0 Å². The minimum absolute atomic E-state index is 0.375. The summed E-state index contributed by atoms with van der Waals surface area (Å²) in [6.07, 6.45) is 2.85. The van der Waals surface area contributed by atoms with Crippen molar-refractivity contribution in [1.82, 2.24) is 0 Å². The first-order valence-corrected chi connectivity index (χ1v) is 8.58. The van der Waals surface area contributed by atoms with E-state index in [2.05, 4.69) is 38.1 Å². The molecule has 1 aliphatic rings. The molecule has 0 N–H and O–H groups in total. The van der Waals surface area contributed by atoms with Gasteiger partial charge in [0.05, 0.1) is 11.5 Å². The second-order valence-corrected chi connectivity index (χ2v) is 7.93. The summed E-state index contributed by atoms with van der Waals surface area (Å²) >= 11 is 0. The molecule has 1 aliphatic heterocycles. The second kappa shape index (κ2) is 5.43. The maximum Gasteiger partial charge on any atom is 0.150 e. The first-order valence-electron chi connectivity index (χ1n) is 6.75. The van der Waals surface area contributed by atoms with Crippen molar-refractivity contribution < 1.29 is 8.42 Å². The van der Waals surface area contributed by atoms with E-state index in [4.69, 9.17) is 0 Å². The summed E-state index contributed by atoms with van der Waals surface area (Å²) < 4.78 is 22.7. The molecule has 2 nitrogen and oxygen atoms in total. The first-order chi connectivity index (χ1) is 8.46. The van der Waals surface area contributed by atoms with Gasteiger partial charge in [0.15, 0.2) is 9.84 Å². The van der Waals surface area contributed by atoms with Crippen molar-refractivity contribution in [3.63, 3.8) is 0 Å². The third-order valence-electron chi connectivity index (χ3n) is 3.81. The molecule has 1 atom stereocenters. The third-order valence-corrected chi connectivity index (χ3v) is 5.65. The van der Waals surface area contributed by atoms with Crippen molar-refractivity contribution in [3.05, 3.63) is 35.4 Å². The van der Waals surface area contributed by atoms with E-state index < -0.39 is 9.84 Å². The van der Waals surface area contributed by atoms with Crippen LogP contribution in [-0.2, 0) is 16.3 Å². The molecule has 0 bridgehead atoms. The Kier molecular flexibility index (Phi) is 4.10. The monoisotopic (exact) mass is 266 g/mol. The molecular weight excluding hydrogens is 244 g/mol. The van der Waals surface area contributed by atoms with Crippen LogP contribution in [0.5, 0.6) is 0 Å². The first kappa shape index (κ1) is 13.6. The van der Waals surface area contributed by atoms with Gasteiger partial charge in [0.25, 0.3) is 0 Å². The summed E-state index contributed by atoms with van der Waals surface area (Å²) in [5.74, 6) is 1.74. The minimum Gasteiger partial charge on any atom is -0.229 e. The second-order valence-electron chi connectivity index (χ2n) is 5.70. The summed E-state index contributed by atoms with van der Waals surface area (Å²) in [4.78, 5) is 0. The summed E-state index contributed by atoms with van der Waals surface area (Å²) in [7, 11) is -2.72. The summed E-state index contributed by atoms with van der Waals surface area (Å²) in [5.41, 5.74) is 2.69.